The molecule has 0 aliphatic carbocycles. The molecule has 0 atom stereocenters. The van der Waals surface area contributed by atoms with Crippen molar-refractivity contribution < 1.29 is 9.18 Å². The first kappa shape index (κ1) is 17.8. The van der Waals surface area contributed by atoms with Crippen LogP contribution in [-0.4, -0.2) is 34.7 Å². The minimum absolute atomic E-state index is 0.199. The normalized spacial score (nSPS) is 11.1. The predicted octanol–water partition coefficient (Wildman–Crippen LogP) is 1.98. The first-order valence-electron chi connectivity index (χ1n) is 8.14. The second-order valence-electron chi connectivity index (χ2n) is 6.06. The largest absolute Gasteiger partial charge is 0.354 e. The van der Waals surface area contributed by atoms with Gasteiger partial charge in [-0.2, -0.15) is 5.10 Å². The third-order valence-electron chi connectivity index (χ3n) is 4.05. The van der Waals surface area contributed by atoms with Gasteiger partial charge in [-0.15, -0.1) is 0 Å². The molecule has 1 N–H and O–H groups in total. The van der Waals surface area contributed by atoms with Crippen LogP contribution in [0.5, 0.6) is 0 Å². The molecule has 1 aromatic heterocycles. The molecule has 0 aliphatic rings. The molecule has 134 valence electrons. The molecular weight excluding hydrogens is 335 g/mol. The van der Waals surface area contributed by atoms with Gasteiger partial charge in [0, 0.05) is 19.0 Å². The number of nitrogens with one attached hydrogen (secondary N) is 1. The summed E-state index contributed by atoms with van der Waals surface area (Å²) in [6, 6.07) is 13.1. The molecule has 0 spiro atoms. The van der Waals surface area contributed by atoms with Crippen LogP contribution in [0.3, 0.4) is 0 Å². The number of carbonyl (C=O) groups excluding carboxylic acids is 1. The number of aromatic nitrogens is 2. The highest BCUT2D eigenvalue weighted by Gasteiger charge is 2.16. The zero-order chi connectivity index (χ0) is 18.7. The van der Waals surface area contributed by atoms with Gasteiger partial charge in [0.05, 0.1) is 12.1 Å². The first-order valence-corrected chi connectivity index (χ1v) is 8.14. The molecule has 1 amide bonds. The van der Waals surface area contributed by atoms with Crippen molar-refractivity contribution in [2.75, 3.05) is 14.1 Å². The smallest absolute Gasteiger partial charge is 0.275 e. The van der Waals surface area contributed by atoms with Crippen molar-refractivity contribution in [2.45, 2.75) is 13.2 Å². The second kappa shape index (κ2) is 7.45. The standard InChI is InChI=1S/C19H19FN4O2/c1-21-18(25)17-15-5-3-4-6-16(15)19(26)24(22-17)12-23(2)11-13-7-9-14(20)10-8-13/h3-10H,11-12H2,1-2H3,(H,21,25). The van der Waals surface area contributed by atoms with Crippen LogP contribution in [0.2, 0.25) is 0 Å². The fourth-order valence-electron chi connectivity index (χ4n) is 2.80. The van der Waals surface area contributed by atoms with E-state index in [2.05, 4.69) is 10.4 Å². The molecule has 0 saturated carbocycles. The van der Waals surface area contributed by atoms with Gasteiger partial charge < -0.3 is 5.32 Å². The molecule has 3 aromatic rings. The van der Waals surface area contributed by atoms with Gasteiger partial charge in [0.25, 0.3) is 11.5 Å². The number of rotatable bonds is 5. The average molecular weight is 354 g/mol. The maximum Gasteiger partial charge on any atom is 0.275 e. The van der Waals surface area contributed by atoms with Gasteiger partial charge >= 0.3 is 0 Å². The lowest BCUT2D eigenvalue weighted by atomic mass is 10.1. The SMILES string of the molecule is CNC(=O)c1nn(CN(C)Cc2ccc(F)cc2)c(=O)c2ccccc12. The van der Waals surface area contributed by atoms with E-state index in [-0.39, 0.29) is 29.6 Å². The summed E-state index contributed by atoms with van der Waals surface area (Å²) in [6.07, 6.45) is 0. The summed E-state index contributed by atoms with van der Waals surface area (Å²) in [5.41, 5.74) is 0.853. The Bertz CT molecular complexity index is 999. The van der Waals surface area contributed by atoms with Crippen molar-refractivity contribution >= 4 is 16.7 Å². The van der Waals surface area contributed by atoms with Gasteiger partial charge in [0.2, 0.25) is 0 Å². The van der Waals surface area contributed by atoms with E-state index in [9.17, 15) is 14.0 Å². The van der Waals surface area contributed by atoms with Crippen LogP contribution in [0.25, 0.3) is 10.8 Å². The molecule has 2 aromatic carbocycles. The molecule has 0 bridgehead atoms. The Morgan fingerprint density at radius 1 is 1.15 bits per heavy atom. The fraction of sp³-hybridized carbons (Fsp3) is 0.211. The van der Waals surface area contributed by atoms with Gasteiger partial charge in [-0.1, -0.05) is 30.3 Å². The maximum absolute atomic E-state index is 13.0. The molecule has 26 heavy (non-hydrogen) atoms. The van der Waals surface area contributed by atoms with Crippen LogP contribution in [0.15, 0.2) is 53.3 Å². The Kier molecular flexibility index (Phi) is 5.09. The van der Waals surface area contributed by atoms with Crippen molar-refractivity contribution in [1.29, 1.82) is 0 Å². The summed E-state index contributed by atoms with van der Waals surface area (Å²) < 4.78 is 14.3. The van der Waals surface area contributed by atoms with Crippen molar-refractivity contribution in [2.24, 2.45) is 0 Å². The number of amides is 1. The molecule has 0 saturated heterocycles. The molecule has 6 nitrogen and oxygen atoms in total. The Morgan fingerprint density at radius 2 is 1.81 bits per heavy atom. The lowest BCUT2D eigenvalue weighted by molar-refractivity contribution is 0.0956. The van der Waals surface area contributed by atoms with Gasteiger partial charge in [-0.05, 0) is 30.8 Å². The topological polar surface area (TPSA) is 67.2 Å². The summed E-state index contributed by atoms with van der Waals surface area (Å²) in [6.45, 7) is 0.710. The van der Waals surface area contributed by atoms with Crippen LogP contribution in [0.4, 0.5) is 4.39 Å². The molecule has 0 aliphatic heterocycles. The molecule has 3 rings (SSSR count). The molecule has 1 heterocycles. The summed E-state index contributed by atoms with van der Waals surface area (Å²) in [5, 5.41) is 7.77. The summed E-state index contributed by atoms with van der Waals surface area (Å²) in [7, 11) is 3.35. The summed E-state index contributed by atoms with van der Waals surface area (Å²) in [5.74, 6) is -0.643. The van der Waals surface area contributed by atoms with Crippen molar-refractivity contribution in [3.63, 3.8) is 0 Å². The van der Waals surface area contributed by atoms with Crippen LogP contribution in [0, 0.1) is 5.82 Å². The van der Waals surface area contributed by atoms with E-state index < -0.39 is 0 Å². The van der Waals surface area contributed by atoms with Gasteiger partial charge in [-0.3, -0.25) is 14.5 Å². The average Bonchev–Trinajstić information content (AvgIpc) is 2.65. The monoisotopic (exact) mass is 354 g/mol. The minimum Gasteiger partial charge on any atom is -0.354 e. The molecular formula is C19H19FN4O2. The second-order valence-corrected chi connectivity index (χ2v) is 6.06. The van der Waals surface area contributed by atoms with E-state index in [1.54, 1.807) is 36.4 Å². The summed E-state index contributed by atoms with van der Waals surface area (Å²) >= 11 is 0. The Hall–Kier alpha value is -3.06. The number of hydrogen-bond acceptors (Lipinski definition) is 4. The Labute approximate surface area is 149 Å². The Morgan fingerprint density at radius 3 is 2.46 bits per heavy atom. The van der Waals surface area contributed by atoms with E-state index in [4.69, 9.17) is 0 Å². The van der Waals surface area contributed by atoms with Crippen molar-refractivity contribution in [3.8, 4) is 0 Å². The zero-order valence-corrected chi connectivity index (χ0v) is 14.6. The van der Waals surface area contributed by atoms with Gasteiger partial charge in [-0.25, -0.2) is 9.07 Å². The first-order chi connectivity index (χ1) is 12.5. The van der Waals surface area contributed by atoms with Crippen LogP contribution in [0.1, 0.15) is 16.1 Å². The van der Waals surface area contributed by atoms with E-state index in [0.29, 0.717) is 17.3 Å². The zero-order valence-electron chi connectivity index (χ0n) is 14.6. The molecule has 7 heteroatoms. The number of fused-ring (bicyclic) bond motifs is 1. The molecule has 0 unspecified atom stereocenters. The molecule has 0 radical (unpaired) electrons. The number of halogens is 1. The quantitative estimate of drug-likeness (QED) is 0.761. The number of nitrogens with zero attached hydrogens (tertiary/aromatic N) is 3. The van der Waals surface area contributed by atoms with E-state index in [0.717, 1.165) is 5.56 Å². The minimum atomic E-state index is -0.351. The van der Waals surface area contributed by atoms with Gasteiger partial charge in [0.1, 0.15) is 5.82 Å². The molecule has 0 fully saturated rings. The van der Waals surface area contributed by atoms with Crippen LogP contribution < -0.4 is 10.9 Å². The highest BCUT2D eigenvalue weighted by molar-refractivity contribution is 6.04. The van der Waals surface area contributed by atoms with Crippen molar-refractivity contribution in [1.82, 2.24) is 20.0 Å². The maximum atomic E-state index is 13.0. The van der Waals surface area contributed by atoms with Crippen LogP contribution >= 0.6 is 0 Å². The third kappa shape index (κ3) is 3.62. The predicted molar refractivity (Wildman–Crippen MR) is 97.3 cm³/mol. The van der Waals surface area contributed by atoms with Crippen LogP contribution in [-0.2, 0) is 13.2 Å². The Balaban J connectivity index is 1.94. The highest BCUT2D eigenvalue weighted by atomic mass is 19.1. The lowest BCUT2D eigenvalue weighted by Crippen LogP contribution is -2.34. The summed E-state index contributed by atoms with van der Waals surface area (Å²) in [4.78, 5) is 26.7. The lowest BCUT2D eigenvalue weighted by Gasteiger charge is -2.18. The van der Waals surface area contributed by atoms with E-state index in [1.165, 1.54) is 23.9 Å². The van der Waals surface area contributed by atoms with Crippen molar-refractivity contribution in [3.05, 3.63) is 76.0 Å². The van der Waals surface area contributed by atoms with E-state index >= 15 is 0 Å². The number of benzene rings is 2. The third-order valence-corrected chi connectivity index (χ3v) is 4.05. The van der Waals surface area contributed by atoms with E-state index in [1.807, 2.05) is 11.9 Å². The number of carbonyl (C=O) groups is 1. The fourth-order valence-corrected chi connectivity index (χ4v) is 2.80. The van der Waals surface area contributed by atoms with Gasteiger partial charge in [0.15, 0.2) is 5.69 Å². The number of hydrogen-bond donors (Lipinski definition) is 1. The highest BCUT2D eigenvalue weighted by Crippen LogP contribution is 2.13.